The van der Waals surface area contributed by atoms with Crippen LogP contribution in [0.4, 0.5) is 4.39 Å². The number of para-hydroxylation sites is 1. The predicted octanol–water partition coefficient (Wildman–Crippen LogP) is 4.28. The third-order valence-electron chi connectivity index (χ3n) is 6.25. The lowest BCUT2D eigenvalue weighted by molar-refractivity contribution is -0.122. The number of fused-ring (bicyclic) bond motifs is 1. The van der Waals surface area contributed by atoms with E-state index in [1.807, 2.05) is 38.1 Å². The van der Waals surface area contributed by atoms with Crippen LogP contribution >= 0.6 is 0 Å². The molecule has 0 bridgehead atoms. The molecule has 0 aliphatic carbocycles. The van der Waals surface area contributed by atoms with Gasteiger partial charge in [-0.3, -0.25) is 9.59 Å². The highest BCUT2D eigenvalue weighted by Gasteiger charge is 2.44. The Labute approximate surface area is 182 Å². The molecule has 0 radical (unpaired) electrons. The van der Waals surface area contributed by atoms with Crippen LogP contribution in [0, 0.1) is 5.82 Å². The fourth-order valence-corrected chi connectivity index (χ4v) is 4.76. The molecule has 6 heteroatoms. The van der Waals surface area contributed by atoms with E-state index in [0.29, 0.717) is 32.4 Å². The Morgan fingerprint density at radius 1 is 1.13 bits per heavy atom. The van der Waals surface area contributed by atoms with E-state index in [9.17, 15) is 14.0 Å². The van der Waals surface area contributed by atoms with E-state index in [4.69, 9.17) is 4.74 Å². The molecule has 0 unspecified atom stereocenters. The van der Waals surface area contributed by atoms with Crippen molar-refractivity contribution in [2.45, 2.75) is 57.1 Å². The quantitative estimate of drug-likeness (QED) is 0.797. The van der Waals surface area contributed by atoms with E-state index in [0.717, 1.165) is 17.7 Å². The fourth-order valence-electron chi connectivity index (χ4n) is 4.76. The number of likely N-dealkylation sites (tertiary alicyclic amines) is 1. The third kappa shape index (κ3) is 4.58. The van der Waals surface area contributed by atoms with Gasteiger partial charge in [0.25, 0.3) is 5.91 Å². The molecule has 2 aliphatic rings. The first-order valence-corrected chi connectivity index (χ1v) is 11.0. The summed E-state index contributed by atoms with van der Waals surface area (Å²) in [5.74, 6) is 0.158. The number of amides is 2. The van der Waals surface area contributed by atoms with E-state index < -0.39 is 11.4 Å². The molecule has 2 amide bonds. The normalized spacial score (nSPS) is 19.6. The molecule has 1 N–H and O–H groups in total. The van der Waals surface area contributed by atoms with E-state index in [-0.39, 0.29) is 29.3 Å². The Kier molecular flexibility index (Phi) is 5.99. The molecule has 5 nitrogen and oxygen atoms in total. The lowest BCUT2D eigenvalue weighted by Crippen LogP contribution is -2.52. The van der Waals surface area contributed by atoms with Gasteiger partial charge in [0.15, 0.2) is 0 Å². The van der Waals surface area contributed by atoms with Crippen LogP contribution in [0.25, 0.3) is 0 Å². The highest BCUT2D eigenvalue weighted by molar-refractivity contribution is 5.94. The van der Waals surface area contributed by atoms with Crippen molar-refractivity contribution in [2.24, 2.45) is 0 Å². The SMILES string of the molecule is CC(C)NC(=O)C[C@@H]1CC2(CCN(C(=O)c3ccccc3F)CC2)Oc2ccccc21. The Morgan fingerprint density at radius 2 is 1.81 bits per heavy atom. The largest absolute Gasteiger partial charge is 0.487 e. The first-order chi connectivity index (χ1) is 14.9. The molecule has 2 aromatic carbocycles. The first kappa shape index (κ1) is 21.3. The molecule has 1 atom stereocenters. The summed E-state index contributed by atoms with van der Waals surface area (Å²) in [5, 5.41) is 2.99. The number of benzene rings is 2. The number of carbonyl (C=O) groups is 2. The second-order valence-electron chi connectivity index (χ2n) is 8.92. The maximum atomic E-state index is 14.1. The predicted molar refractivity (Wildman–Crippen MR) is 117 cm³/mol. The van der Waals surface area contributed by atoms with Crippen molar-refractivity contribution in [3.05, 3.63) is 65.5 Å². The van der Waals surface area contributed by atoms with Crippen LogP contribution in [-0.2, 0) is 4.79 Å². The molecule has 2 heterocycles. The van der Waals surface area contributed by atoms with Crippen molar-refractivity contribution in [1.82, 2.24) is 10.2 Å². The van der Waals surface area contributed by atoms with Crippen LogP contribution in [0.5, 0.6) is 5.75 Å². The topological polar surface area (TPSA) is 58.6 Å². The van der Waals surface area contributed by atoms with Gasteiger partial charge < -0.3 is 15.0 Å². The van der Waals surface area contributed by atoms with Gasteiger partial charge in [0.1, 0.15) is 17.2 Å². The van der Waals surface area contributed by atoms with E-state index in [2.05, 4.69) is 5.32 Å². The Morgan fingerprint density at radius 3 is 2.52 bits per heavy atom. The van der Waals surface area contributed by atoms with E-state index in [1.165, 1.54) is 12.1 Å². The number of rotatable bonds is 4. The highest BCUT2D eigenvalue weighted by Crippen LogP contribution is 2.46. The van der Waals surface area contributed by atoms with Crippen molar-refractivity contribution >= 4 is 11.8 Å². The Balaban J connectivity index is 1.49. The molecule has 4 rings (SSSR count). The molecule has 0 saturated carbocycles. The van der Waals surface area contributed by atoms with Gasteiger partial charge in [-0.05, 0) is 44.0 Å². The summed E-state index contributed by atoms with van der Waals surface area (Å²) in [4.78, 5) is 27.0. The van der Waals surface area contributed by atoms with Crippen molar-refractivity contribution in [3.8, 4) is 5.75 Å². The third-order valence-corrected chi connectivity index (χ3v) is 6.25. The molecule has 1 saturated heterocycles. The monoisotopic (exact) mass is 424 g/mol. The summed E-state index contributed by atoms with van der Waals surface area (Å²) in [6.45, 7) is 4.92. The number of hydrogen-bond acceptors (Lipinski definition) is 3. The van der Waals surface area contributed by atoms with Crippen molar-refractivity contribution in [2.75, 3.05) is 13.1 Å². The summed E-state index contributed by atoms with van der Waals surface area (Å²) < 4.78 is 20.5. The zero-order chi connectivity index (χ0) is 22.0. The maximum Gasteiger partial charge on any atom is 0.256 e. The minimum Gasteiger partial charge on any atom is -0.487 e. The van der Waals surface area contributed by atoms with Crippen LogP contribution in [0.2, 0.25) is 0 Å². The standard InChI is InChI=1S/C25H29FN2O3/c1-17(2)27-23(29)15-18-16-25(31-22-10-6-4-7-19(18)22)11-13-28(14-12-25)24(30)20-8-3-5-9-21(20)26/h3-10,17-18H,11-16H2,1-2H3,(H,27,29)/t18-/m1/s1. The molecular formula is C25H29FN2O3. The van der Waals surface area contributed by atoms with Gasteiger partial charge in [-0.1, -0.05) is 30.3 Å². The Bertz CT molecular complexity index is 967. The highest BCUT2D eigenvalue weighted by atomic mass is 19.1. The molecule has 0 aromatic heterocycles. The molecule has 1 spiro atoms. The van der Waals surface area contributed by atoms with Gasteiger partial charge in [-0.25, -0.2) is 4.39 Å². The molecule has 164 valence electrons. The zero-order valence-electron chi connectivity index (χ0n) is 18.1. The van der Waals surface area contributed by atoms with Crippen LogP contribution in [-0.4, -0.2) is 41.4 Å². The first-order valence-electron chi connectivity index (χ1n) is 11.0. The zero-order valence-corrected chi connectivity index (χ0v) is 18.1. The fraction of sp³-hybridized carbons (Fsp3) is 0.440. The number of piperidine rings is 1. The molecule has 31 heavy (non-hydrogen) atoms. The van der Waals surface area contributed by atoms with Crippen LogP contribution in [0.3, 0.4) is 0 Å². The summed E-state index contributed by atoms with van der Waals surface area (Å²) >= 11 is 0. The maximum absolute atomic E-state index is 14.1. The second kappa shape index (κ2) is 8.69. The lowest BCUT2D eigenvalue weighted by atomic mass is 9.76. The second-order valence-corrected chi connectivity index (χ2v) is 8.92. The van der Waals surface area contributed by atoms with Crippen LogP contribution in [0.15, 0.2) is 48.5 Å². The number of nitrogens with one attached hydrogen (secondary N) is 1. The number of carbonyl (C=O) groups excluding carboxylic acids is 2. The van der Waals surface area contributed by atoms with Gasteiger partial charge in [-0.15, -0.1) is 0 Å². The van der Waals surface area contributed by atoms with Crippen molar-refractivity contribution in [1.29, 1.82) is 0 Å². The molecule has 2 aliphatic heterocycles. The average molecular weight is 425 g/mol. The number of halogens is 1. The molecular weight excluding hydrogens is 395 g/mol. The van der Waals surface area contributed by atoms with Crippen LogP contribution < -0.4 is 10.1 Å². The van der Waals surface area contributed by atoms with Gasteiger partial charge in [0.05, 0.1) is 5.56 Å². The minimum absolute atomic E-state index is 0.0408. The molecule has 1 fully saturated rings. The summed E-state index contributed by atoms with van der Waals surface area (Å²) in [7, 11) is 0. The van der Waals surface area contributed by atoms with Gasteiger partial charge in [0.2, 0.25) is 5.91 Å². The number of ether oxygens (including phenoxy) is 1. The lowest BCUT2D eigenvalue weighted by Gasteiger charge is -2.47. The number of hydrogen-bond donors (Lipinski definition) is 1. The van der Waals surface area contributed by atoms with Gasteiger partial charge in [0, 0.05) is 44.3 Å². The summed E-state index contributed by atoms with van der Waals surface area (Å²) in [6.07, 6.45) is 2.46. The smallest absolute Gasteiger partial charge is 0.256 e. The van der Waals surface area contributed by atoms with Crippen molar-refractivity contribution < 1.29 is 18.7 Å². The average Bonchev–Trinajstić information content (AvgIpc) is 2.73. The number of nitrogens with zero attached hydrogens (tertiary/aromatic N) is 1. The van der Waals surface area contributed by atoms with Crippen molar-refractivity contribution in [3.63, 3.8) is 0 Å². The van der Waals surface area contributed by atoms with Gasteiger partial charge in [-0.2, -0.15) is 0 Å². The summed E-state index contributed by atoms with van der Waals surface area (Å²) in [6, 6.07) is 14.1. The van der Waals surface area contributed by atoms with Crippen LogP contribution in [0.1, 0.15) is 61.4 Å². The van der Waals surface area contributed by atoms with Gasteiger partial charge >= 0.3 is 0 Å². The summed E-state index contributed by atoms with van der Waals surface area (Å²) in [5.41, 5.74) is 0.761. The van der Waals surface area contributed by atoms with E-state index in [1.54, 1.807) is 17.0 Å². The minimum atomic E-state index is -0.494. The Hall–Kier alpha value is -2.89. The van der Waals surface area contributed by atoms with E-state index >= 15 is 0 Å². The molecule has 2 aromatic rings.